The average molecular weight is 469 g/mol. The molecule has 0 bridgehead atoms. The van der Waals surface area contributed by atoms with Crippen molar-refractivity contribution >= 4 is 34.4 Å². The number of rotatable bonds is 5. The largest absolute Gasteiger partial charge is 0.337 e. The van der Waals surface area contributed by atoms with E-state index in [-0.39, 0.29) is 5.91 Å². The lowest BCUT2D eigenvalue weighted by atomic mass is 10.1. The Morgan fingerprint density at radius 1 is 0.743 bits per heavy atom. The van der Waals surface area contributed by atoms with Gasteiger partial charge in [-0.25, -0.2) is 18.7 Å². The van der Waals surface area contributed by atoms with E-state index in [2.05, 4.69) is 25.6 Å². The highest BCUT2D eigenvalue weighted by Crippen LogP contribution is 2.23. The van der Waals surface area contributed by atoms with Gasteiger partial charge in [-0.15, -0.1) is 0 Å². The highest BCUT2D eigenvalue weighted by Gasteiger charge is 2.11. The number of benzene rings is 3. The van der Waals surface area contributed by atoms with Crippen molar-refractivity contribution in [3.05, 3.63) is 108 Å². The van der Waals surface area contributed by atoms with E-state index < -0.39 is 17.5 Å². The van der Waals surface area contributed by atoms with Crippen molar-refractivity contribution in [1.82, 2.24) is 15.0 Å². The molecule has 0 aliphatic carbocycles. The van der Waals surface area contributed by atoms with Gasteiger partial charge in [0, 0.05) is 28.4 Å². The summed E-state index contributed by atoms with van der Waals surface area (Å²) in [5.41, 5.74) is 3.28. The summed E-state index contributed by atoms with van der Waals surface area (Å²) in [7, 11) is 0. The number of amides is 2. The number of pyridine rings is 1. The molecule has 9 heteroatoms. The number of nitrogens with zero attached hydrogens (tertiary/aromatic N) is 2. The zero-order chi connectivity index (χ0) is 24.4. The quantitative estimate of drug-likeness (QED) is 0.321. The third-order valence-corrected chi connectivity index (χ3v) is 5.24. The highest BCUT2D eigenvalue weighted by atomic mass is 19.1. The van der Waals surface area contributed by atoms with E-state index in [1.165, 1.54) is 48.5 Å². The molecule has 0 spiro atoms. The Hall–Kier alpha value is -4.92. The van der Waals surface area contributed by atoms with Gasteiger partial charge in [-0.2, -0.15) is 0 Å². The first kappa shape index (κ1) is 21.9. The number of hydrogen-bond acceptors (Lipinski definition) is 4. The second-order valence-electron chi connectivity index (χ2n) is 7.67. The van der Waals surface area contributed by atoms with Crippen LogP contribution in [0.3, 0.4) is 0 Å². The van der Waals surface area contributed by atoms with Crippen LogP contribution in [-0.2, 0) is 0 Å². The Morgan fingerprint density at radius 3 is 1.91 bits per heavy atom. The van der Waals surface area contributed by atoms with Crippen LogP contribution in [0.2, 0.25) is 0 Å². The minimum absolute atomic E-state index is 0.308. The second-order valence-corrected chi connectivity index (χ2v) is 7.67. The number of carbonyl (C=O) groups excluding carboxylic acids is 2. The van der Waals surface area contributed by atoms with Gasteiger partial charge in [0.05, 0.1) is 17.2 Å². The van der Waals surface area contributed by atoms with E-state index in [4.69, 9.17) is 0 Å². The van der Waals surface area contributed by atoms with E-state index in [1.54, 1.807) is 36.5 Å². The number of halogens is 2. The summed E-state index contributed by atoms with van der Waals surface area (Å²) in [4.78, 5) is 36.6. The summed E-state index contributed by atoms with van der Waals surface area (Å²) >= 11 is 0. The molecule has 3 aromatic carbocycles. The van der Waals surface area contributed by atoms with E-state index in [0.29, 0.717) is 39.5 Å². The molecule has 0 saturated heterocycles. The van der Waals surface area contributed by atoms with Crippen LogP contribution in [0.1, 0.15) is 20.7 Å². The first-order valence-corrected chi connectivity index (χ1v) is 10.5. The molecule has 0 aliphatic rings. The van der Waals surface area contributed by atoms with Gasteiger partial charge in [0.1, 0.15) is 23.3 Å². The van der Waals surface area contributed by atoms with Gasteiger partial charge in [-0.05, 0) is 72.8 Å². The van der Waals surface area contributed by atoms with Gasteiger partial charge >= 0.3 is 0 Å². The number of imidazole rings is 1. The maximum atomic E-state index is 13.1. The van der Waals surface area contributed by atoms with E-state index in [9.17, 15) is 18.4 Å². The van der Waals surface area contributed by atoms with Crippen molar-refractivity contribution in [2.24, 2.45) is 0 Å². The number of aromatic nitrogens is 3. The Bertz CT molecular complexity index is 1530. The fourth-order valence-electron chi connectivity index (χ4n) is 3.42. The number of hydrogen-bond donors (Lipinski definition) is 3. The SMILES string of the molecule is O=C(Nc1ccc(-c2nc3cc(NC(=O)c4ccc(F)cc4)ncc3[nH]2)cc1)c1ccc(F)cc1. The molecule has 2 aromatic heterocycles. The molecule has 35 heavy (non-hydrogen) atoms. The molecule has 2 heterocycles. The van der Waals surface area contributed by atoms with Crippen LogP contribution in [0.25, 0.3) is 22.4 Å². The van der Waals surface area contributed by atoms with Crippen molar-refractivity contribution in [2.45, 2.75) is 0 Å². The van der Waals surface area contributed by atoms with E-state index in [0.717, 1.165) is 5.56 Å². The van der Waals surface area contributed by atoms with Gasteiger partial charge in [0.25, 0.3) is 11.8 Å². The zero-order valence-corrected chi connectivity index (χ0v) is 18.0. The molecule has 7 nitrogen and oxygen atoms in total. The molecule has 0 saturated carbocycles. The van der Waals surface area contributed by atoms with Crippen molar-refractivity contribution < 1.29 is 18.4 Å². The monoisotopic (exact) mass is 469 g/mol. The second kappa shape index (κ2) is 9.14. The number of aromatic amines is 1. The van der Waals surface area contributed by atoms with Gasteiger partial charge in [0.15, 0.2) is 0 Å². The minimum atomic E-state index is -0.423. The van der Waals surface area contributed by atoms with Crippen LogP contribution in [0, 0.1) is 11.6 Å². The van der Waals surface area contributed by atoms with Gasteiger partial charge in [-0.3, -0.25) is 9.59 Å². The van der Waals surface area contributed by atoms with Crippen LogP contribution in [0.4, 0.5) is 20.3 Å². The Kier molecular flexibility index (Phi) is 5.72. The lowest BCUT2D eigenvalue weighted by molar-refractivity contribution is 0.101. The van der Waals surface area contributed by atoms with E-state index in [1.807, 2.05) is 0 Å². The first-order valence-electron chi connectivity index (χ1n) is 10.5. The summed E-state index contributed by atoms with van der Waals surface area (Å²) in [6.45, 7) is 0. The fraction of sp³-hybridized carbons (Fsp3) is 0. The van der Waals surface area contributed by atoms with Crippen LogP contribution >= 0.6 is 0 Å². The third-order valence-electron chi connectivity index (χ3n) is 5.24. The maximum Gasteiger partial charge on any atom is 0.256 e. The van der Waals surface area contributed by atoms with Crippen LogP contribution < -0.4 is 10.6 Å². The van der Waals surface area contributed by atoms with Gasteiger partial charge in [0.2, 0.25) is 0 Å². The lowest BCUT2D eigenvalue weighted by Gasteiger charge is -2.06. The number of carbonyl (C=O) groups is 2. The molecular formula is C26H17F2N5O2. The summed E-state index contributed by atoms with van der Waals surface area (Å²) in [6, 6.07) is 19.2. The average Bonchev–Trinajstić information content (AvgIpc) is 3.29. The summed E-state index contributed by atoms with van der Waals surface area (Å²) in [5.74, 6) is -0.694. The standard InChI is InChI=1S/C26H17F2N5O2/c27-18-7-1-16(2-8-18)25(34)30-20-11-5-15(6-12-20)24-31-21-13-23(29-14-22(21)32-24)33-26(35)17-3-9-19(28)10-4-17/h1-14H,(H,30,34)(H,31,32)(H,29,33,35). The number of nitrogens with one attached hydrogen (secondary N) is 3. The number of anilines is 2. The summed E-state index contributed by atoms with van der Waals surface area (Å²) in [5, 5.41) is 5.44. The number of H-pyrrole nitrogens is 1. The van der Waals surface area contributed by atoms with Gasteiger partial charge in [-0.1, -0.05) is 0 Å². The molecule has 5 aromatic rings. The Balaban J connectivity index is 1.30. The molecule has 0 aliphatic heterocycles. The Labute approximate surface area is 197 Å². The summed E-state index contributed by atoms with van der Waals surface area (Å²) in [6.07, 6.45) is 1.56. The van der Waals surface area contributed by atoms with E-state index >= 15 is 0 Å². The molecule has 3 N–H and O–H groups in total. The maximum absolute atomic E-state index is 13.1. The van der Waals surface area contributed by atoms with Crippen LogP contribution in [0.15, 0.2) is 85.1 Å². The smallest absolute Gasteiger partial charge is 0.256 e. The molecule has 5 rings (SSSR count). The van der Waals surface area contributed by atoms with Crippen molar-refractivity contribution in [3.8, 4) is 11.4 Å². The molecule has 0 unspecified atom stereocenters. The van der Waals surface area contributed by atoms with Gasteiger partial charge < -0.3 is 15.6 Å². The first-order chi connectivity index (χ1) is 16.9. The normalized spacial score (nSPS) is 10.8. The van der Waals surface area contributed by atoms with Crippen LogP contribution in [0.5, 0.6) is 0 Å². The molecule has 172 valence electrons. The minimum Gasteiger partial charge on any atom is -0.337 e. The number of fused-ring (bicyclic) bond motifs is 1. The predicted molar refractivity (Wildman–Crippen MR) is 128 cm³/mol. The topological polar surface area (TPSA) is 99.8 Å². The highest BCUT2D eigenvalue weighted by molar-refractivity contribution is 6.05. The summed E-state index contributed by atoms with van der Waals surface area (Å²) < 4.78 is 26.1. The van der Waals surface area contributed by atoms with Crippen LogP contribution in [-0.4, -0.2) is 26.8 Å². The predicted octanol–water partition coefficient (Wildman–Crippen LogP) is 5.41. The zero-order valence-electron chi connectivity index (χ0n) is 18.0. The van der Waals surface area contributed by atoms with Crippen molar-refractivity contribution in [2.75, 3.05) is 10.6 Å². The fourth-order valence-corrected chi connectivity index (χ4v) is 3.42. The molecule has 0 atom stereocenters. The molecule has 0 radical (unpaired) electrons. The van der Waals surface area contributed by atoms with Crippen molar-refractivity contribution in [1.29, 1.82) is 0 Å². The molecule has 0 fully saturated rings. The third kappa shape index (κ3) is 4.88. The van der Waals surface area contributed by atoms with Crippen molar-refractivity contribution in [3.63, 3.8) is 0 Å². The molecule has 2 amide bonds. The Morgan fingerprint density at radius 2 is 1.31 bits per heavy atom. The molecular weight excluding hydrogens is 452 g/mol. The lowest BCUT2D eigenvalue weighted by Crippen LogP contribution is -2.12.